The molecule has 2 aromatic carbocycles. The second kappa shape index (κ2) is 9.25. The molecule has 2 amide bonds. The van der Waals surface area contributed by atoms with Crippen molar-refractivity contribution in [1.82, 2.24) is 9.80 Å². The van der Waals surface area contributed by atoms with Crippen molar-refractivity contribution in [3.63, 3.8) is 0 Å². The molecule has 0 unspecified atom stereocenters. The van der Waals surface area contributed by atoms with Gasteiger partial charge < -0.3 is 9.80 Å². The Morgan fingerprint density at radius 2 is 1.48 bits per heavy atom. The third kappa shape index (κ3) is 4.87. The minimum Gasteiger partial charge on any atom is -0.339 e. The topological polar surface area (TPSA) is 40.6 Å². The van der Waals surface area contributed by atoms with Gasteiger partial charge >= 0.3 is 0 Å². The predicted molar refractivity (Wildman–Crippen MR) is 115 cm³/mol. The van der Waals surface area contributed by atoms with Gasteiger partial charge in [-0.1, -0.05) is 36.4 Å². The maximum atomic E-state index is 12.9. The van der Waals surface area contributed by atoms with E-state index >= 15 is 0 Å². The maximum Gasteiger partial charge on any atom is 0.253 e. The summed E-state index contributed by atoms with van der Waals surface area (Å²) in [6, 6.07) is 16.5. The van der Waals surface area contributed by atoms with Gasteiger partial charge in [-0.25, -0.2) is 0 Å². The number of carbonyl (C=O) groups excluding carboxylic acids is 2. The van der Waals surface area contributed by atoms with Gasteiger partial charge in [0.25, 0.3) is 5.91 Å². The molecule has 0 aromatic heterocycles. The molecule has 1 saturated heterocycles. The van der Waals surface area contributed by atoms with Crippen LogP contribution in [0.1, 0.15) is 52.7 Å². The first kappa shape index (κ1) is 19.7. The fourth-order valence-electron chi connectivity index (χ4n) is 4.45. The van der Waals surface area contributed by atoms with E-state index in [1.165, 1.54) is 29.5 Å². The summed E-state index contributed by atoms with van der Waals surface area (Å²) in [5.41, 5.74) is 4.82. The summed E-state index contributed by atoms with van der Waals surface area (Å²) in [7, 11) is 0. The van der Waals surface area contributed by atoms with Crippen LogP contribution in [-0.2, 0) is 24.1 Å². The van der Waals surface area contributed by atoms with Gasteiger partial charge in [0.1, 0.15) is 0 Å². The van der Waals surface area contributed by atoms with Crippen LogP contribution in [0.15, 0.2) is 48.5 Å². The molecule has 0 spiro atoms. The summed E-state index contributed by atoms with van der Waals surface area (Å²) in [6.07, 6.45) is 7.07. The lowest BCUT2D eigenvalue weighted by atomic mass is 9.90. The summed E-state index contributed by atoms with van der Waals surface area (Å²) < 4.78 is 0. The summed E-state index contributed by atoms with van der Waals surface area (Å²) in [5.74, 6) is 0.316. The molecule has 1 aliphatic heterocycles. The van der Waals surface area contributed by atoms with Crippen molar-refractivity contribution >= 4 is 11.8 Å². The van der Waals surface area contributed by atoms with E-state index in [2.05, 4.69) is 24.3 Å². The van der Waals surface area contributed by atoms with Crippen LogP contribution < -0.4 is 0 Å². The van der Waals surface area contributed by atoms with E-state index in [9.17, 15) is 9.59 Å². The first-order valence-corrected chi connectivity index (χ1v) is 10.9. The Morgan fingerprint density at radius 3 is 2.24 bits per heavy atom. The van der Waals surface area contributed by atoms with Crippen molar-refractivity contribution in [3.8, 4) is 0 Å². The molecule has 1 heterocycles. The molecule has 0 bridgehead atoms. The molecule has 0 N–H and O–H groups in total. The monoisotopic (exact) mass is 390 g/mol. The first-order chi connectivity index (χ1) is 14.2. The van der Waals surface area contributed by atoms with Crippen molar-refractivity contribution < 1.29 is 9.59 Å². The lowest BCUT2D eigenvalue weighted by Gasteiger charge is -2.35. The summed E-state index contributed by atoms with van der Waals surface area (Å²) >= 11 is 0. The minimum absolute atomic E-state index is 0.106. The number of hydrogen-bond donors (Lipinski definition) is 0. The number of hydrogen-bond acceptors (Lipinski definition) is 2. The second-order valence-corrected chi connectivity index (χ2v) is 8.20. The number of piperazine rings is 1. The van der Waals surface area contributed by atoms with Gasteiger partial charge in [0.15, 0.2) is 0 Å². The van der Waals surface area contributed by atoms with Crippen LogP contribution in [0.4, 0.5) is 0 Å². The van der Waals surface area contributed by atoms with Gasteiger partial charge in [0.05, 0.1) is 0 Å². The SMILES string of the molecule is O=C(CCCc1ccccc1)N1CCN(C(=O)c2ccc3c(c2)CCCC3)CC1. The van der Waals surface area contributed by atoms with Crippen LogP contribution in [0.2, 0.25) is 0 Å². The van der Waals surface area contributed by atoms with Crippen LogP contribution in [0.3, 0.4) is 0 Å². The third-order valence-electron chi connectivity index (χ3n) is 6.21. The van der Waals surface area contributed by atoms with Gasteiger partial charge in [0, 0.05) is 38.2 Å². The van der Waals surface area contributed by atoms with E-state index in [1.807, 2.05) is 34.1 Å². The normalized spacial score (nSPS) is 16.4. The molecular formula is C25H30N2O2. The Morgan fingerprint density at radius 1 is 0.793 bits per heavy atom. The summed E-state index contributed by atoms with van der Waals surface area (Å²) in [4.78, 5) is 29.3. The van der Waals surface area contributed by atoms with E-state index in [1.54, 1.807) is 0 Å². The Hall–Kier alpha value is -2.62. The molecule has 0 atom stereocenters. The van der Waals surface area contributed by atoms with Gasteiger partial charge in [0.2, 0.25) is 5.91 Å². The standard InChI is InChI=1S/C25H30N2O2/c28-24(12-6-9-20-7-2-1-3-8-20)26-15-17-27(18-16-26)25(29)23-14-13-21-10-4-5-11-22(21)19-23/h1-3,7-8,13-14,19H,4-6,9-12,15-18H2. The van der Waals surface area contributed by atoms with E-state index in [0.717, 1.165) is 31.2 Å². The molecule has 29 heavy (non-hydrogen) atoms. The molecule has 2 aromatic rings. The highest BCUT2D eigenvalue weighted by atomic mass is 16.2. The average molecular weight is 391 g/mol. The quantitative estimate of drug-likeness (QED) is 0.778. The number of fused-ring (bicyclic) bond motifs is 1. The number of amides is 2. The molecule has 4 nitrogen and oxygen atoms in total. The van der Waals surface area contributed by atoms with Crippen molar-refractivity contribution in [2.75, 3.05) is 26.2 Å². The Kier molecular flexibility index (Phi) is 6.28. The summed E-state index contributed by atoms with van der Waals surface area (Å²) in [5, 5.41) is 0. The Bertz CT molecular complexity index is 854. The van der Waals surface area contributed by atoms with Crippen molar-refractivity contribution in [3.05, 3.63) is 70.8 Å². The molecule has 4 heteroatoms. The van der Waals surface area contributed by atoms with Crippen LogP contribution in [0.25, 0.3) is 0 Å². The number of nitrogens with zero attached hydrogens (tertiary/aromatic N) is 2. The average Bonchev–Trinajstić information content (AvgIpc) is 2.79. The van der Waals surface area contributed by atoms with Crippen molar-refractivity contribution in [2.45, 2.75) is 44.9 Å². The predicted octanol–water partition coefficient (Wildman–Crippen LogP) is 3.87. The lowest BCUT2D eigenvalue weighted by molar-refractivity contribution is -0.132. The highest BCUT2D eigenvalue weighted by molar-refractivity contribution is 5.94. The second-order valence-electron chi connectivity index (χ2n) is 8.20. The first-order valence-electron chi connectivity index (χ1n) is 10.9. The van der Waals surface area contributed by atoms with Crippen LogP contribution >= 0.6 is 0 Å². The number of benzene rings is 2. The summed E-state index contributed by atoms with van der Waals surface area (Å²) in [6.45, 7) is 2.53. The maximum absolute atomic E-state index is 12.9. The van der Waals surface area contributed by atoms with Crippen molar-refractivity contribution in [1.29, 1.82) is 0 Å². The molecule has 4 rings (SSSR count). The van der Waals surface area contributed by atoms with Gasteiger partial charge in [-0.05, 0) is 67.3 Å². The highest BCUT2D eigenvalue weighted by Gasteiger charge is 2.25. The molecule has 0 radical (unpaired) electrons. The van der Waals surface area contributed by atoms with E-state index < -0.39 is 0 Å². The van der Waals surface area contributed by atoms with E-state index in [4.69, 9.17) is 0 Å². The number of rotatable bonds is 5. The van der Waals surface area contributed by atoms with Crippen LogP contribution in [-0.4, -0.2) is 47.8 Å². The van der Waals surface area contributed by atoms with Crippen LogP contribution in [0.5, 0.6) is 0 Å². The largest absolute Gasteiger partial charge is 0.339 e. The Balaban J connectivity index is 1.25. The van der Waals surface area contributed by atoms with E-state index in [-0.39, 0.29) is 11.8 Å². The number of aryl methyl sites for hydroxylation is 3. The fraction of sp³-hybridized carbons (Fsp3) is 0.440. The molecule has 1 fully saturated rings. The fourth-order valence-corrected chi connectivity index (χ4v) is 4.45. The zero-order valence-corrected chi connectivity index (χ0v) is 17.1. The highest BCUT2D eigenvalue weighted by Crippen LogP contribution is 2.23. The van der Waals surface area contributed by atoms with Crippen molar-refractivity contribution in [2.24, 2.45) is 0 Å². The van der Waals surface area contributed by atoms with Gasteiger partial charge in [-0.2, -0.15) is 0 Å². The third-order valence-corrected chi connectivity index (χ3v) is 6.21. The van der Waals surface area contributed by atoms with E-state index in [0.29, 0.717) is 32.6 Å². The minimum atomic E-state index is 0.106. The molecule has 0 saturated carbocycles. The lowest BCUT2D eigenvalue weighted by Crippen LogP contribution is -2.50. The molecule has 152 valence electrons. The number of carbonyl (C=O) groups is 2. The zero-order valence-electron chi connectivity index (χ0n) is 17.1. The molecule has 1 aliphatic carbocycles. The molecular weight excluding hydrogens is 360 g/mol. The smallest absolute Gasteiger partial charge is 0.253 e. The Labute approximate surface area is 173 Å². The zero-order chi connectivity index (χ0) is 20.1. The van der Waals surface area contributed by atoms with Gasteiger partial charge in [-0.15, -0.1) is 0 Å². The molecule has 2 aliphatic rings. The van der Waals surface area contributed by atoms with Gasteiger partial charge in [-0.3, -0.25) is 9.59 Å². The van der Waals surface area contributed by atoms with Crippen LogP contribution in [0, 0.1) is 0 Å².